The molecular formula is C17H16BrN3. The number of nitrogens with zero attached hydrogens (tertiary/aromatic N) is 2. The number of hydrogen-bond acceptors (Lipinski definition) is 2. The van der Waals surface area contributed by atoms with Crippen molar-refractivity contribution in [3.8, 4) is 22.4 Å². The molecule has 0 amide bonds. The average Bonchev–Trinajstić information content (AvgIpc) is 2.78. The van der Waals surface area contributed by atoms with Crippen LogP contribution in [0, 0.1) is 6.92 Å². The van der Waals surface area contributed by atoms with Crippen molar-refractivity contribution in [2.45, 2.75) is 6.92 Å². The Balaban J connectivity index is 2.30. The largest absolute Gasteiger partial charge is 0.383 e. The van der Waals surface area contributed by atoms with Crippen LogP contribution in [0.1, 0.15) is 5.56 Å². The monoisotopic (exact) mass is 341 g/mol. The number of hydrogen-bond donors (Lipinski definition) is 1. The van der Waals surface area contributed by atoms with E-state index in [4.69, 9.17) is 5.73 Å². The molecule has 0 saturated carbocycles. The van der Waals surface area contributed by atoms with Crippen LogP contribution < -0.4 is 5.73 Å². The van der Waals surface area contributed by atoms with E-state index in [0.29, 0.717) is 5.82 Å². The second-order valence-electron chi connectivity index (χ2n) is 5.03. The second kappa shape index (κ2) is 5.37. The highest BCUT2D eigenvalue weighted by molar-refractivity contribution is 9.10. The lowest BCUT2D eigenvalue weighted by molar-refractivity contribution is 0.782. The maximum atomic E-state index is 6.25. The Labute approximate surface area is 132 Å². The van der Waals surface area contributed by atoms with Gasteiger partial charge in [-0.1, -0.05) is 48.5 Å². The fourth-order valence-electron chi connectivity index (χ4n) is 2.45. The lowest BCUT2D eigenvalue weighted by atomic mass is 10.00. The highest BCUT2D eigenvalue weighted by atomic mass is 79.9. The zero-order valence-electron chi connectivity index (χ0n) is 12.0. The van der Waals surface area contributed by atoms with E-state index in [2.05, 4.69) is 52.2 Å². The lowest BCUT2D eigenvalue weighted by Crippen LogP contribution is -1.97. The van der Waals surface area contributed by atoms with Gasteiger partial charge in [0.15, 0.2) is 0 Å². The Bertz CT molecular complexity index is 791. The van der Waals surface area contributed by atoms with Gasteiger partial charge in [-0.25, -0.2) is 0 Å². The van der Waals surface area contributed by atoms with Gasteiger partial charge in [0.25, 0.3) is 0 Å². The summed E-state index contributed by atoms with van der Waals surface area (Å²) in [6.45, 7) is 2.07. The molecule has 1 heterocycles. The van der Waals surface area contributed by atoms with Gasteiger partial charge < -0.3 is 5.73 Å². The van der Waals surface area contributed by atoms with E-state index in [1.165, 1.54) is 5.56 Å². The molecule has 0 saturated heterocycles. The molecule has 0 spiro atoms. The normalized spacial score (nSPS) is 10.8. The number of aromatic nitrogens is 2. The van der Waals surface area contributed by atoms with Gasteiger partial charge in [0.05, 0.1) is 5.56 Å². The Morgan fingerprint density at radius 2 is 1.76 bits per heavy atom. The molecule has 3 aromatic rings. The molecule has 1 aromatic heterocycles. The molecule has 21 heavy (non-hydrogen) atoms. The molecule has 0 unspecified atom stereocenters. The van der Waals surface area contributed by atoms with Crippen molar-refractivity contribution < 1.29 is 0 Å². The first-order valence-corrected chi connectivity index (χ1v) is 7.52. The van der Waals surface area contributed by atoms with Crippen LogP contribution in [0.25, 0.3) is 22.4 Å². The number of rotatable bonds is 2. The number of anilines is 1. The number of nitrogens with two attached hydrogens (primary N) is 1. The van der Waals surface area contributed by atoms with Gasteiger partial charge in [-0.05, 0) is 34.0 Å². The minimum atomic E-state index is 0.671. The molecule has 0 bridgehead atoms. The number of halogens is 1. The van der Waals surface area contributed by atoms with Gasteiger partial charge in [-0.15, -0.1) is 0 Å². The fourth-order valence-corrected chi connectivity index (χ4v) is 2.90. The summed E-state index contributed by atoms with van der Waals surface area (Å²) in [6.07, 6.45) is 0. The predicted molar refractivity (Wildman–Crippen MR) is 90.9 cm³/mol. The summed E-state index contributed by atoms with van der Waals surface area (Å²) >= 11 is 3.67. The number of nitrogen functional groups attached to an aromatic ring is 1. The van der Waals surface area contributed by atoms with Gasteiger partial charge in [-0.2, -0.15) is 5.10 Å². The maximum absolute atomic E-state index is 6.25. The Kier molecular flexibility index (Phi) is 3.55. The van der Waals surface area contributed by atoms with E-state index in [-0.39, 0.29) is 0 Å². The van der Waals surface area contributed by atoms with Crippen LogP contribution in [-0.2, 0) is 7.05 Å². The van der Waals surface area contributed by atoms with Crippen molar-refractivity contribution in [1.82, 2.24) is 9.78 Å². The standard InChI is InChI=1S/C17H16BrN3/c1-11-7-6-10-13(15(11)18)16-14(17(19)21(2)20-16)12-8-4-3-5-9-12/h3-10H,19H2,1-2H3. The first kappa shape index (κ1) is 13.9. The van der Waals surface area contributed by atoms with Crippen LogP contribution in [0.3, 0.4) is 0 Å². The van der Waals surface area contributed by atoms with Crippen LogP contribution >= 0.6 is 15.9 Å². The van der Waals surface area contributed by atoms with Crippen molar-refractivity contribution in [2.24, 2.45) is 7.05 Å². The van der Waals surface area contributed by atoms with Crippen molar-refractivity contribution in [3.05, 3.63) is 58.6 Å². The van der Waals surface area contributed by atoms with Crippen LogP contribution in [0.4, 0.5) is 5.82 Å². The van der Waals surface area contributed by atoms with E-state index < -0.39 is 0 Å². The van der Waals surface area contributed by atoms with Gasteiger partial charge in [0, 0.05) is 17.1 Å². The Hall–Kier alpha value is -2.07. The van der Waals surface area contributed by atoms with Gasteiger partial charge in [-0.3, -0.25) is 4.68 Å². The topological polar surface area (TPSA) is 43.8 Å². The van der Waals surface area contributed by atoms with Crippen molar-refractivity contribution in [2.75, 3.05) is 5.73 Å². The van der Waals surface area contributed by atoms with Crippen molar-refractivity contribution >= 4 is 21.7 Å². The fraction of sp³-hybridized carbons (Fsp3) is 0.118. The Morgan fingerprint density at radius 3 is 2.48 bits per heavy atom. The summed E-state index contributed by atoms with van der Waals surface area (Å²) in [5.74, 6) is 0.671. The van der Waals surface area contributed by atoms with Crippen LogP contribution in [0.2, 0.25) is 0 Å². The molecule has 0 radical (unpaired) electrons. The summed E-state index contributed by atoms with van der Waals surface area (Å²) in [4.78, 5) is 0. The van der Waals surface area contributed by atoms with Crippen LogP contribution in [0.5, 0.6) is 0 Å². The van der Waals surface area contributed by atoms with Gasteiger partial charge >= 0.3 is 0 Å². The molecule has 3 rings (SSSR count). The van der Waals surface area contributed by atoms with E-state index >= 15 is 0 Å². The van der Waals surface area contributed by atoms with Crippen LogP contribution in [-0.4, -0.2) is 9.78 Å². The smallest absolute Gasteiger partial charge is 0.129 e. The molecule has 2 aromatic carbocycles. The lowest BCUT2D eigenvalue weighted by Gasteiger charge is -2.08. The SMILES string of the molecule is Cc1cccc(-c2nn(C)c(N)c2-c2ccccc2)c1Br. The first-order valence-electron chi connectivity index (χ1n) is 6.73. The predicted octanol–water partition coefficient (Wildman–Crippen LogP) is 4.41. The van der Waals surface area contributed by atoms with E-state index in [1.807, 2.05) is 31.3 Å². The van der Waals surface area contributed by atoms with Crippen LogP contribution in [0.15, 0.2) is 53.0 Å². The molecule has 0 aliphatic heterocycles. The Morgan fingerprint density at radius 1 is 1.05 bits per heavy atom. The minimum Gasteiger partial charge on any atom is -0.383 e. The summed E-state index contributed by atoms with van der Waals surface area (Å²) in [6, 6.07) is 16.3. The van der Waals surface area contributed by atoms with Gasteiger partial charge in [0.1, 0.15) is 11.5 Å². The van der Waals surface area contributed by atoms with Gasteiger partial charge in [0.2, 0.25) is 0 Å². The van der Waals surface area contributed by atoms with Crippen molar-refractivity contribution in [1.29, 1.82) is 0 Å². The van der Waals surface area contributed by atoms with Crippen molar-refractivity contribution in [3.63, 3.8) is 0 Å². The number of aryl methyl sites for hydroxylation is 2. The second-order valence-corrected chi connectivity index (χ2v) is 5.83. The van der Waals surface area contributed by atoms with E-state index in [0.717, 1.165) is 26.9 Å². The minimum absolute atomic E-state index is 0.671. The molecule has 3 nitrogen and oxygen atoms in total. The molecule has 106 valence electrons. The number of benzene rings is 2. The molecule has 0 fully saturated rings. The molecule has 0 aliphatic carbocycles. The van der Waals surface area contributed by atoms with E-state index in [9.17, 15) is 0 Å². The molecular weight excluding hydrogens is 326 g/mol. The quantitative estimate of drug-likeness (QED) is 0.750. The molecule has 0 aliphatic rings. The molecule has 2 N–H and O–H groups in total. The molecule has 4 heteroatoms. The maximum Gasteiger partial charge on any atom is 0.129 e. The summed E-state index contributed by atoms with van der Waals surface area (Å²) in [7, 11) is 1.87. The third-order valence-electron chi connectivity index (χ3n) is 3.60. The summed E-state index contributed by atoms with van der Waals surface area (Å²) in [5.41, 5.74) is 11.4. The zero-order chi connectivity index (χ0) is 15.0. The average molecular weight is 342 g/mol. The molecule has 0 atom stereocenters. The first-order chi connectivity index (χ1) is 10.1. The highest BCUT2D eigenvalue weighted by Gasteiger charge is 2.19. The zero-order valence-corrected chi connectivity index (χ0v) is 13.6. The third kappa shape index (κ3) is 2.36. The third-order valence-corrected chi connectivity index (χ3v) is 4.65. The summed E-state index contributed by atoms with van der Waals surface area (Å²) < 4.78 is 2.78. The highest BCUT2D eigenvalue weighted by Crippen LogP contribution is 2.39. The van der Waals surface area contributed by atoms with E-state index in [1.54, 1.807) is 4.68 Å². The summed E-state index contributed by atoms with van der Waals surface area (Å²) in [5, 5.41) is 4.62.